The lowest BCUT2D eigenvalue weighted by Crippen LogP contribution is -2.37. The van der Waals surface area contributed by atoms with Crippen LogP contribution >= 0.6 is 23.2 Å². The Hall–Kier alpha value is -1.95. The second kappa shape index (κ2) is 9.67. The van der Waals surface area contributed by atoms with E-state index in [2.05, 4.69) is 5.32 Å². The molecule has 0 radical (unpaired) electrons. The zero-order valence-corrected chi connectivity index (χ0v) is 16.5. The number of carbonyl (C=O) groups is 1. The molecule has 2 rings (SSSR count). The van der Waals surface area contributed by atoms with Crippen molar-refractivity contribution in [3.8, 4) is 11.5 Å². The lowest BCUT2D eigenvalue weighted by Gasteiger charge is -2.26. The smallest absolute Gasteiger partial charge is 0.258 e. The van der Waals surface area contributed by atoms with Crippen LogP contribution in [0, 0.1) is 0 Å². The van der Waals surface area contributed by atoms with E-state index in [9.17, 15) is 4.79 Å². The van der Waals surface area contributed by atoms with Crippen molar-refractivity contribution in [3.05, 3.63) is 58.1 Å². The summed E-state index contributed by atoms with van der Waals surface area (Å²) in [6, 6.07) is 12.6. The van der Waals surface area contributed by atoms with Gasteiger partial charge in [0, 0.05) is 17.1 Å². The summed E-state index contributed by atoms with van der Waals surface area (Å²) in [7, 11) is 5.54. The molecule has 26 heavy (non-hydrogen) atoms. The number of hydrogen-bond acceptors (Lipinski definition) is 4. The summed E-state index contributed by atoms with van der Waals surface area (Å²) < 4.78 is 10.9. The van der Waals surface area contributed by atoms with Crippen LogP contribution in [0.25, 0.3) is 0 Å². The van der Waals surface area contributed by atoms with Gasteiger partial charge in [0.2, 0.25) is 0 Å². The van der Waals surface area contributed by atoms with Crippen molar-refractivity contribution in [1.29, 1.82) is 0 Å². The highest BCUT2D eigenvalue weighted by atomic mass is 35.5. The minimum Gasteiger partial charge on any atom is -0.496 e. The summed E-state index contributed by atoms with van der Waals surface area (Å²) in [5.74, 6) is 0.961. The Bertz CT molecular complexity index is 753. The maximum absolute atomic E-state index is 12.2. The van der Waals surface area contributed by atoms with E-state index in [0.29, 0.717) is 22.3 Å². The monoisotopic (exact) mass is 396 g/mol. The first-order chi connectivity index (χ1) is 12.4. The van der Waals surface area contributed by atoms with Crippen LogP contribution in [0.15, 0.2) is 42.5 Å². The minimum absolute atomic E-state index is 0.0331. The highest BCUT2D eigenvalue weighted by molar-refractivity contribution is 6.35. The molecular weight excluding hydrogens is 375 g/mol. The van der Waals surface area contributed by atoms with Crippen LogP contribution < -0.4 is 14.8 Å². The number of para-hydroxylation sites is 1. The van der Waals surface area contributed by atoms with E-state index in [-0.39, 0.29) is 18.6 Å². The summed E-state index contributed by atoms with van der Waals surface area (Å²) in [4.78, 5) is 14.2. The van der Waals surface area contributed by atoms with Crippen LogP contribution in [-0.2, 0) is 4.79 Å². The number of nitrogens with one attached hydrogen (secondary N) is 1. The number of benzene rings is 2. The summed E-state index contributed by atoms with van der Waals surface area (Å²) >= 11 is 11.9. The SMILES string of the molecule is COc1ccccc1[C@@H](CNC(=O)COc1ccc(Cl)cc1Cl)N(C)C. The van der Waals surface area contributed by atoms with Gasteiger partial charge < -0.3 is 19.7 Å². The number of likely N-dealkylation sites (N-methyl/N-ethyl adjacent to an activating group) is 1. The Kier molecular flexibility index (Phi) is 7.57. The Morgan fingerprint density at radius 3 is 2.54 bits per heavy atom. The van der Waals surface area contributed by atoms with Gasteiger partial charge >= 0.3 is 0 Å². The fourth-order valence-electron chi connectivity index (χ4n) is 2.51. The third-order valence-electron chi connectivity index (χ3n) is 3.87. The van der Waals surface area contributed by atoms with Gasteiger partial charge in [-0.05, 0) is 38.4 Å². The number of methoxy groups -OCH3 is 1. The standard InChI is InChI=1S/C19H22Cl2N2O3/c1-23(2)16(14-6-4-5-7-17(14)25-3)11-22-19(24)12-26-18-9-8-13(20)10-15(18)21/h4-10,16H,11-12H2,1-3H3,(H,22,24)/t16-/m1/s1. The van der Waals surface area contributed by atoms with Crippen molar-refractivity contribution >= 4 is 29.1 Å². The molecular formula is C19H22Cl2N2O3. The normalized spacial score (nSPS) is 11.9. The van der Waals surface area contributed by atoms with Crippen LogP contribution in [0.2, 0.25) is 10.0 Å². The number of hydrogen-bond donors (Lipinski definition) is 1. The van der Waals surface area contributed by atoms with Gasteiger partial charge in [-0.2, -0.15) is 0 Å². The molecule has 2 aromatic rings. The molecule has 0 saturated carbocycles. The molecule has 1 N–H and O–H groups in total. The number of nitrogens with zero attached hydrogens (tertiary/aromatic N) is 1. The van der Waals surface area contributed by atoms with Crippen LogP contribution in [0.4, 0.5) is 0 Å². The molecule has 140 valence electrons. The summed E-state index contributed by atoms with van der Waals surface area (Å²) in [6.07, 6.45) is 0. The third-order valence-corrected chi connectivity index (χ3v) is 4.40. The maximum atomic E-state index is 12.2. The predicted molar refractivity (Wildman–Crippen MR) is 104 cm³/mol. The Balaban J connectivity index is 1.95. The molecule has 0 aliphatic carbocycles. The number of halogens is 2. The average molecular weight is 397 g/mol. The molecule has 7 heteroatoms. The first-order valence-corrected chi connectivity index (χ1v) is 8.82. The van der Waals surface area contributed by atoms with Gasteiger partial charge in [0.25, 0.3) is 5.91 Å². The van der Waals surface area contributed by atoms with Gasteiger partial charge in [0.15, 0.2) is 6.61 Å². The van der Waals surface area contributed by atoms with Crippen molar-refractivity contribution in [3.63, 3.8) is 0 Å². The maximum Gasteiger partial charge on any atom is 0.258 e. The predicted octanol–water partition coefficient (Wildman–Crippen LogP) is 3.80. The second-order valence-corrected chi connectivity index (χ2v) is 6.73. The molecule has 0 saturated heterocycles. The number of rotatable bonds is 8. The van der Waals surface area contributed by atoms with Crippen molar-refractivity contribution < 1.29 is 14.3 Å². The zero-order valence-electron chi connectivity index (χ0n) is 15.0. The quantitative estimate of drug-likeness (QED) is 0.736. The lowest BCUT2D eigenvalue weighted by atomic mass is 10.0. The zero-order chi connectivity index (χ0) is 19.1. The molecule has 0 fully saturated rings. The van der Waals surface area contributed by atoms with Gasteiger partial charge in [0.05, 0.1) is 18.2 Å². The molecule has 0 aliphatic heterocycles. The summed E-state index contributed by atoms with van der Waals surface area (Å²) in [6.45, 7) is 0.289. The Labute approximate surface area is 163 Å². The van der Waals surface area contributed by atoms with E-state index in [1.165, 1.54) is 0 Å². The second-order valence-electron chi connectivity index (χ2n) is 5.89. The largest absolute Gasteiger partial charge is 0.496 e. The van der Waals surface area contributed by atoms with Crippen molar-refractivity contribution in [2.45, 2.75) is 6.04 Å². The highest BCUT2D eigenvalue weighted by Gasteiger charge is 2.19. The van der Waals surface area contributed by atoms with Crippen molar-refractivity contribution in [2.24, 2.45) is 0 Å². The Morgan fingerprint density at radius 1 is 1.15 bits per heavy atom. The number of amides is 1. The van der Waals surface area contributed by atoms with Gasteiger partial charge in [0.1, 0.15) is 11.5 Å². The summed E-state index contributed by atoms with van der Waals surface area (Å²) in [5, 5.41) is 3.76. The van der Waals surface area contributed by atoms with Crippen LogP contribution in [-0.4, -0.2) is 45.2 Å². The van der Waals surface area contributed by atoms with E-state index in [4.69, 9.17) is 32.7 Å². The van der Waals surface area contributed by atoms with E-state index < -0.39 is 0 Å². The van der Waals surface area contributed by atoms with Gasteiger partial charge in [-0.3, -0.25) is 4.79 Å². The average Bonchev–Trinajstić information content (AvgIpc) is 2.61. The molecule has 0 heterocycles. The topological polar surface area (TPSA) is 50.8 Å². The fourth-order valence-corrected chi connectivity index (χ4v) is 2.97. The van der Waals surface area contributed by atoms with E-state index in [1.54, 1.807) is 25.3 Å². The van der Waals surface area contributed by atoms with Gasteiger partial charge in [-0.15, -0.1) is 0 Å². The number of ether oxygens (including phenoxy) is 2. The molecule has 0 unspecified atom stereocenters. The lowest BCUT2D eigenvalue weighted by molar-refractivity contribution is -0.123. The van der Waals surface area contributed by atoms with Gasteiger partial charge in [-0.25, -0.2) is 0 Å². The van der Waals surface area contributed by atoms with Crippen LogP contribution in [0.3, 0.4) is 0 Å². The summed E-state index contributed by atoms with van der Waals surface area (Å²) in [5.41, 5.74) is 1.00. The molecule has 0 aliphatic rings. The molecule has 0 bridgehead atoms. The van der Waals surface area contributed by atoms with E-state index in [0.717, 1.165) is 11.3 Å². The molecule has 0 spiro atoms. The van der Waals surface area contributed by atoms with E-state index >= 15 is 0 Å². The van der Waals surface area contributed by atoms with Crippen molar-refractivity contribution in [1.82, 2.24) is 10.2 Å². The highest BCUT2D eigenvalue weighted by Crippen LogP contribution is 2.28. The molecule has 0 aromatic heterocycles. The molecule has 5 nitrogen and oxygen atoms in total. The fraction of sp³-hybridized carbons (Fsp3) is 0.316. The molecule has 1 atom stereocenters. The molecule has 2 aromatic carbocycles. The van der Waals surface area contributed by atoms with Crippen molar-refractivity contribution in [2.75, 3.05) is 34.4 Å². The Morgan fingerprint density at radius 2 is 1.88 bits per heavy atom. The van der Waals surface area contributed by atoms with E-state index in [1.807, 2.05) is 43.3 Å². The first-order valence-electron chi connectivity index (χ1n) is 8.06. The minimum atomic E-state index is -0.238. The number of carbonyl (C=O) groups excluding carboxylic acids is 1. The first kappa shape index (κ1) is 20.4. The van der Waals surface area contributed by atoms with Gasteiger partial charge in [-0.1, -0.05) is 41.4 Å². The third kappa shape index (κ3) is 5.53. The molecule has 1 amide bonds. The van der Waals surface area contributed by atoms with Crippen LogP contribution in [0.5, 0.6) is 11.5 Å². The van der Waals surface area contributed by atoms with Crippen LogP contribution in [0.1, 0.15) is 11.6 Å².